The Hall–Kier alpha value is -1.00. The summed E-state index contributed by atoms with van der Waals surface area (Å²) in [4.78, 5) is 2.26. The van der Waals surface area contributed by atoms with E-state index in [4.69, 9.17) is 0 Å². The molecule has 106 valence electrons. The second-order valence-corrected chi connectivity index (χ2v) is 5.61. The van der Waals surface area contributed by atoms with Crippen molar-refractivity contribution >= 4 is 0 Å². The molecule has 0 spiro atoms. The Morgan fingerprint density at radius 1 is 1.32 bits per heavy atom. The van der Waals surface area contributed by atoms with E-state index in [-0.39, 0.29) is 17.7 Å². The monoisotopic (exact) mass is 268 g/mol. The van der Waals surface area contributed by atoms with Crippen LogP contribution in [0.1, 0.15) is 36.9 Å². The fourth-order valence-electron chi connectivity index (χ4n) is 2.74. The van der Waals surface area contributed by atoms with Crippen molar-refractivity contribution in [3.8, 4) is 0 Å². The zero-order chi connectivity index (χ0) is 14.0. The Morgan fingerprint density at radius 3 is 2.74 bits per heavy atom. The minimum absolute atomic E-state index is 0.174. The van der Waals surface area contributed by atoms with Crippen molar-refractivity contribution in [2.45, 2.75) is 38.8 Å². The zero-order valence-electron chi connectivity index (χ0n) is 11.8. The highest BCUT2D eigenvalue weighted by atomic mass is 19.1. The van der Waals surface area contributed by atoms with Gasteiger partial charge in [0.1, 0.15) is 11.6 Å². The molecular weight excluding hydrogens is 246 g/mol. The van der Waals surface area contributed by atoms with E-state index in [1.54, 1.807) is 6.92 Å². The highest BCUT2D eigenvalue weighted by molar-refractivity contribution is 5.27. The van der Waals surface area contributed by atoms with Crippen LogP contribution in [0, 0.1) is 18.6 Å². The number of hydrogen-bond acceptors (Lipinski definition) is 2. The largest absolute Gasteiger partial charge is 0.306 e. The zero-order valence-corrected chi connectivity index (χ0v) is 11.8. The van der Waals surface area contributed by atoms with Gasteiger partial charge in [-0.2, -0.15) is 0 Å². The standard InChI is InChI=1S/C15H22F2N2/c1-10-7-15(17)13(8-14(10)16)11(2)18-12-5-4-6-19(3)9-12/h7-8,11-12,18H,4-6,9H2,1-3H3. The van der Waals surface area contributed by atoms with Crippen LogP contribution in [0.2, 0.25) is 0 Å². The first-order valence-corrected chi connectivity index (χ1v) is 6.87. The van der Waals surface area contributed by atoms with Crippen molar-refractivity contribution in [2.75, 3.05) is 20.1 Å². The number of rotatable bonds is 3. The lowest BCUT2D eigenvalue weighted by molar-refractivity contribution is 0.218. The maximum atomic E-state index is 13.9. The summed E-state index contributed by atoms with van der Waals surface area (Å²) in [5.74, 6) is -0.672. The molecule has 19 heavy (non-hydrogen) atoms. The molecule has 1 aliphatic rings. The maximum absolute atomic E-state index is 13.9. The summed E-state index contributed by atoms with van der Waals surface area (Å²) < 4.78 is 27.5. The van der Waals surface area contributed by atoms with Gasteiger partial charge in [0.15, 0.2) is 0 Å². The lowest BCUT2D eigenvalue weighted by atomic mass is 10.0. The van der Waals surface area contributed by atoms with E-state index in [1.807, 2.05) is 6.92 Å². The predicted molar refractivity (Wildman–Crippen MR) is 73.2 cm³/mol. The number of nitrogens with one attached hydrogen (secondary N) is 1. The molecule has 1 aromatic rings. The van der Waals surface area contributed by atoms with Crippen molar-refractivity contribution in [3.63, 3.8) is 0 Å². The Bertz CT molecular complexity index is 448. The van der Waals surface area contributed by atoms with Gasteiger partial charge >= 0.3 is 0 Å². The third kappa shape index (κ3) is 3.51. The third-order valence-corrected chi connectivity index (χ3v) is 3.85. The molecule has 0 bridgehead atoms. The van der Waals surface area contributed by atoms with E-state index in [1.165, 1.54) is 12.1 Å². The Morgan fingerprint density at radius 2 is 2.05 bits per heavy atom. The van der Waals surface area contributed by atoms with Gasteiger partial charge in [0.25, 0.3) is 0 Å². The Kier molecular flexibility index (Phi) is 4.53. The van der Waals surface area contributed by atoms with Crippen LogP contribution in [-0.4, -0.2) is 31.1 Å². The molecule has 0 saturated carbocycles. The molecule has 4 heteroatoms. The van der Waals surface area contributed by atoms with E-state index in [0.29, 0.717) is 17.2 Å². The van der Waals surface area contributed by atoms with Gasteiger partial charge in [-0.1, -0.05) is 0 Å². The molecule has 0 radical (unpaired) electrons. The molecule has 2 unspecified atom stereocenters. The summed E-state index contributed by atoms with van der Waals surface area (Å²) in [5.41, 5.74) is 0.766. The second kappa shape index (κ2) is 5.97. The number of aryl methyl sites for hydroxylation is 1. The lowest BCUT2D eigenvalue weighted by Gasteiger charge is -2.32. The number of likely N-dealkylation sites (N-methyl/N-ethyl adjacent to an activating group) is 1. The fraction of sp³-hybridized carbons (Fsp3) is 0.600. The Labute approximate surface area is 113 Å². The number of nitrogens with zero attached hydrogens (tertiary/aromatic N) is 1. The second-order valence-electron chi connectivity index (χ2n) is 5.61. The third-order valence-electron chi connectivity index (χ3n) is 3.85. The highest BCUT2D eigenvalue weighted by Gasteiger charge is 2.21. The summed E-state index contributed by atoms with van der Waals surface area (Å²) in [7, 11) is 2.09. The minimum atomic E-state index is -0.342. The average Bonchev–Trinajstić information content (AvgIpc) is 2.33. The summed E-state index contributed by atoms with van der Waals surface area (Å²) in [5, 5.41) is 3.40. The molecule has 0 aliphatic carbocycles. The number of piperidine rings is 1. The molecule has 0 aromatic heterocycles. The van der Waals surface area contributed by atoms with Crippen LogP contribution in [0.15, 0.2) is 12.1 Å². The molecule has 1 heterocycles. The normalized spacial score (nSPS) is 22.5. The van der Waals surface area contributed by atoms with Gasteiger partial charge in [0.05, 0.1) is 0 Å². The molecule has 1 aromatic carbocycles. The molecular formula is C15H22F2N2. The van der Waals surface area contributed by atoms with Crippen molar-refractivity contribution in [1.82, 2.24) is 10.2 Å². The molecule has 1 N–H and O–H groups in total. The first-order chi connectivity index (χ1) is 8.97. The quantitative estimate of drug-likeness (QED) is 0.906. The van der Waals surface area contributed by atoms with E-state index in [9.17, 15) is 8.78 Å². The van der Waals surface area contributed by atoms with Gasteiger partial charge < -0.3 is 10.2 Å². The van der Waals surface area contributed by atoms with Crippen molar-refractivity contribution in [3.05, 3.63) is 34.9 Å². The first-order valence-electron chi connectivity index (χ1n) is 6.87. The first kappa shape index (κ1) is 14.4. The van der Waals surface area contributed by atoms with Gasteiger partial charge in [0, 0.05) is 24.2 Å². The average molecular weight is 268 g/mol. The van der Waals surface area contributed by atoms with Crippen molar-refractivity contribution in [2.24, 2.45) is 0 Å². The van der Waals surface area contributed by atoms with E-state index < -0.39 is 0 Å². The lowest BCUT2D eigenvalue weighted by Crippen LogP contribution is -2.44. The SMILES string of the molecule is Cc1cc(F)c(C(C)NC2CCCN(C)C2)cc1F. The van der Waals surface area contributed by atoms with Crippen molar-refractivity contribution < 1.29 is 8.78 Å². The van der Waals surface area contributed by atoms with E-state index >= 15 is 0 Å². The molecule has 1 fully saturated rings. The molecule has 1 saturated heterocycles. The van der Waals surface area contributed by atoms with Crippen LogP contribution in [0.3, 0.4) is 0 Å². The predicted octanol–water partition coefficient (Wildman–Crippen LogP) is 3.02. The van der Waals surface area contributed by atoms with Gasteiger partial charge in [-0.3, -0.25) is 0 Å². The fourth-order valence-corrected chi connectivity index (χ4v) is 2.74. The van der Waals surface area contributed by atoms with Crippen LogP contribution in [0.25, 0.3) is 0 Å². The van der Waals surface area contributed by atoms with Crippen LogP contribution in [-0.2, 0) is 0 Å². The van der Waals surface area contributed by atoms with E-state index in [2.05, 4.69) is 17.3 Å². The van der Waals surface area contributed by atoms with Crippen LogP contribution >= 0.6 is 0 Å². The smallest absolute Gasteiger partial charge is 0.128 e. The van der Waals surface area contributed by atoms with Gasteiger partial charge in [-0.05, 0) is 58.0 Å². The summed E-state index contributed by atoms with van der Waals surface area (Å²) in [6.07, 6.45) is 2.23. The minimum Gasteiger partial charge on any atom is -0.306 e. The highest BCUT2D eigenvalue weighted by Crippen LogP contribution is 2.22. The number of hydrogen-bond donors (Lipinski definition) is 1. The number of likely N-dealkylation sites (tertiary alicyclic amines) is 1. The molecule has 0 amide bonds. The molecule has 2 nitrogen and oxygen atoms in total. The summed E-state index contributed by atoms with van der Waals surface area (Å²) >= 11 is 0. The Balaban J connectivity index is 2.07. The van der Waals surface area contributed by atoms with Gasteiger partial charge in [0.2, 0.25) is 0 Å². The van der Waals surface area contributed by atoms with Crippen molar-refractivity contribution in [1.29, 1.82) is 0 Å². The van der Waals surface area contributed by atoms with Crippen LogP contribution < -0.4 is 5.32 Å². The summed E-state index contributed by atoms with van der Waals surface area (Å²) in [6, 6.07) is 2.76. The molecule has 2 atom stereocenters. The van der Waals surface area contributed by atoms with E-state index in [0.717, 1.165) is 25.9 Å². The summed E-state index contributed by atoms with van der Waals surface area (Å²) in [6.45, 7) is 5.54. The van der Waals surface area contributed by atoms with Gasteiger partial charge in [-0.25, -0.2) is 8.78 Å². The maximum Gasteiger partial charge on any atom is 0.128 e. The molecule has 2 rings (SSSR count). The topological polar surface area (TPSA) is 15.3 Å². The molecule has 1 aliphatic heterocycles. The van der Waals surface area contributed by atoms with Crippen LogP contribution in [0.4, 0.5) is 8.78 Å². The van der Waals surface area contributed by atoms with Gasteiger partial charge in [-0.15, -0.1) is 0 Å². The number of benzene rings is 1. The van der Waals surface area contributed by atoms with Crippen LogP contribution in [0.5, 0.6) is 0 Å². The number of halogens is 2.